The van der Waals surface area contributed by atoms with E-state index in [4.69, 9.17) is 19.9 Å². The summed E-state index contributed by atoms with van der Waals surface area (Å²) in [5, 5.41) is 3.43. The number of nitrogens with one attached hydrogen (secondary N) is 1. The summed E-state index contributed by atoms with van der Waals surface area (Å²) in [6.07, 6.45) is 0. The van der Waals surface area contributed by atoms with Gasteiger partial charge in [-0.1, -0.05) is 12.1 Å². The minimum atomic E-state index is -0.313. The molecule has 1 atom stereocenters. The van der Waals surface area contributed by atoms with Crippen LogP contribution in [0.2, 0.25) is 0 Å². The molecule has 27 heavy (non-hydrogen) atoms. The van der Waals surface area contributed by atoms with Gasteiger partial charge in [0, 0.05) is 16.9 Å². The number of hydrogen-bond acceptors (Lipinski definition) is 5. The summed E-state index contributed by atoms with van der Waals surface area (Å²) in [5.41, 5.74) is 10.4. The number of hydrogen-bond donors (Lipinski definition) is 2. The lowest BCUT2D eigenvalue weighted by Gasteiger charge is -2.19. The first kappa shape index (κ1) is 18.6. The minimum Gasteiger partial charge on any atom is -0.497 e. The maximum atomic E-state index is 6.58. The van der Waals surface area contributed by atoms with Gasteiger partial charge in [-0.05, 0) is 60.2 Å². The Morgan fingerprint density at radius 1 is 0.704 bits per heavy atom. The lowest BCUT2D eigenvalue weighted by Crippen LogP contribution is -2.14. The fraction of sp³-hybridized carbons (Fsp3) is 0.182. The highest BCUT2D eigenvalue weighted by atomic mass is 16.5. The van der Waals surface area contributed by atoms with Crippen molar-refractivity contribution < 1.29 is 14.2 Å². The van der Waals surface area contributed by atoms with Crippen LogP contribution in [0.15, 0.2) is 66.7 Å². The second-order valence-corrected chi connectivity index (χ2v) is 6.06. The van der Waals surface area contributed by atoms with Gasteiger partial charge >= 0.3 is 0 Å². The summed E-state index contributed by atoms with van der Waals surface area (Å²) in [7, 11) is 4.94. The highest BCUT2D eigenvalue weighted by Gasteiger charge is 2.15. The Hall–Kier alpha value is -3.18. The van der Waals surface area contributed by atoms with E-state index < -0.39 is 0 Å². The summed E-state index contributed by atoms with van der Waals surface area (Å²) in [6.45, 7) is 0. The van der Waals surface area contributed by atoms with Crippen LogP contribution < -0.4 is 25.3 Å². The SMILES string of the molecule is COc1ccc(Nc2ccc(OC)cc2C(N)c2ccc(OC)cc2)cc1. The zero-order chi connectivity index (χ0) is 19.2. The predicted octanol–water partition coefficient (Wildman–Crippen LogP) is 4.50. The minimum absolute atomic E-state index is 0.313. The zero-order valence-corrected chi connectivity index (χ0v) is 15.7. The fourth-order valence-electron chi connectivity index (χ4n) is 2.86. The lowest BCUT2D eigenvalue weighted by atomic mass is 9.97. The van der Waals surface area contributed by atoms with Gasteiger partial charge in [-0.15, -0.1) is 0 Å². The lowest BCUT2D eigenvalue weighted by molar-refractivity contribution is 0.413. The van der Waals surface area contributed by atoms with Gasteiger partial charge in [0.25, 0.3) is 0 Å². The molecule has 0 spiro atoms. The van der Waals surface area contributed by atoms with Crippen molar-refractivity contribution >= 4 is 11.4 Å². The van der Waals surface area contributed by atoms with Crippen LogP contribution in [-0.2, 0) is 0 Å². The van der Waals surface area contributed by atoms with Gasteiger partial charge in [-0.3, -0.25) is 0 Å². The summed E-state index contributed by atoms with van der Waals surface area (Å²) < 4.78 is 15.8. The van der Waals surface area contributed by atoms with Crippen molar-refractivity contribution in [1.29, 1.82) is 0 Å². The van der Waals surface area contributed by atoms with E-state index in [1.54, 1.807) is 21.3 Å². The van der Waals surface area contributed by atoms with Gasteiger partial charge < -0.3 is 25.3 Å². The molecular weight excluding hydrogens is 340 g/mol. The number of methoxy groups -OCH3 is 3. The predicted molar refractivity (Wildman–Crippen MR) is 108 cm³/mol. The Labute approximate surface area is 159 Å². The van der Waals surface area contributed by atoms with E-state index in [1.165, 1.54) is 0 Å². The molecule has 0 aliphatic carbocycles. The Bertz CT molecular complexity index is 877. The Kier molecular flexibility index (Phi) is 5.84. The normalized spacial score (nSPS) is 11.6. The molecule has 3 aromatic rings. The van der Waals surface area contributed by atoms with Gasteiger partial charge in [0.1, 0.15) is 17.2 Å². The largest absolute Gasteiger partial charge is 0.497 e. The fourth-order valence-corrected chi connectivity index (χ4v) is 2.86. The zero-order valence-electron chi connectivity index (χ0n) is 15.7. The highest BCUT2D eigenvalue weighted by molar-refractivity contribution is 5.66. The van der Waals surface area contributed by atoms with Gasteiger partial charge in [0.15, 0.2) is 0 Å². The molecule has 0 bridgehead atoms. The van der Waals surface area contributed by atoms with Crippen molar-refractivity contribution in [2.45, 2.75) is 6.04 Å². The van der Waals surface area contributed by atoms with E-state index in [9.17, 15) is 0 Å². The van der Waals surface area contributed by atoms with Crippen LogP contribution in [0.5, 0.6) is 17.2 Å². The topological polar surface area (TPSA) is 65.7 Å². The van der Waals surface area contributed by atoms with Gasteiger partial charge in [0.2, 0.25) is 0 Å². The smallest absolute Gasteiger partial charge is 0.119 e. The first-order valence-corrected chi connectivity index (χ1v) is 8.63. The van der Waals surface area contributed by atoms with Crippen LogP contribution in [0.1, 0.15) is 17.2 Å². The van der Waals surface area contributed by atoms with E-state index in [0.717, 1.165) is 39.8 Å². The number of ether oxygens (including phenoxy) is 3. The molecule has 0 aliphatic rings. The van der Waals surface area contributed by atoms with Crippen LogP contribution in [-0.4, -0.2) is 21.3 Å². The maximum Gasteiger partial charge on any atom is 0.119 e. The number of nitrogens with two attached hydrogens (primary N) is 1. The van der Waals surface area contributed by atoms with Crippen molar-refractivity contribution in [2.24, 2.45) is 5.73 Å². The number of rotatable bonds is 7. The Morgan fingerprint density at radius 2 is 1.22 bits per heavy atom. The van der Waals surface area contributed by atoms with E-state index in [0.29, 0.717) is 0 Å². The third-order valence-electron chi connectivity index (χ3n) is 4.44. The molecule has 0 amide bonds. The average Bonchev–Trinajstić information content (AvgIpc) is 2.74. The molecule has 3 N–H and O–H groups in total. The summed E-state index contributed by atoms with van der Waals surface area (Å²) in [5.74, 6) is 2.37. The summed E-state index contributed by atoms with van der Waals surface area (Å²) in [6, 6.07) is 21.0. The molecule has 140 valence electrons. The van der Waals surface area contributed by atoms with Gasteiger partial charge in [0.05, 0.1) is 27.4 Å². The van der Waals surface area contributed by atoms with Crippen LogP contribution in [0.4, 0.5) is 11.4 Å². The molecule has 0 saturated carbocycles. The first-order valence-electron chi connectivity index (χ1n) is 8.63. The van der Waals surface area contributed by atoms with Crippen molar-refractivity contribution in [1.82, 2.24) is 0 Å². The molecule has 0 heterocycles. The monoisotopic (exact) mass is 364 g/mol. The van der Waals surface area contributed by atoms with Crippen LogP contribution in [0.3, 0.4) is 0 Å². The molecule has 0 aliphatic heterocycles. The third-order valence-corrected chi connectivity index (χ3v) is 4.44. The summed E-state index contributed by atoms with van der Waals surface area (Å²) in [4.78, 5) is 0. The van der Waals surface area contributed by atoms with E-state index in [2.05, 4.69) is 5.32 Å². The van der Waals surface area contributed by atoms with Crippen LogP contribution in [0.25, 0.3) is 0 Å². The van der Waals surface area contributed by atoms with Crippen molar-refractivity contribution in [2.75, 3.05) is 26.6 Å². The highest BCUT2D eigenvalue weighted by Crippen LogP contribution is 2.33. The van der Waals surface area contributed by atoms with E-state index in [1.807, 2.05) is 66.7 Å². The van der Waals surface area contributed by atoms with Gasteiger partial charge in [-0.25, -0.2) is 0 Å². The Morgan fingerprint density at radius 3 is 1.78 bits per heavy atom. The van der Waals surface area contributed by atoms with E-state index in [-0.39, 0.29) is 6.04 Å². The molecule has 5 heteroatoms. The molecule has 3 rings (SSSR count). The van der Waals surface area contributed by atoms with Gasteiger partial charge in [-0.2, -0.15) is 0 Å². The molecule has 0 aromatic heterocycles. The summed E-state index contributed by atoms with van der Waals surface area (Å²) >= 11 is 0. The molecule has 5 nitrogen and oxygen atoms in total. The second-order valence-electron chi connectivity index (χ2n) is 6.06. The van der Waals surface area contributed by atoms with Crippen molar-refractivity contribution in [3.63, 3.8) is 0 Å². The van der Waals surface area contributed by atoms with Crippen molar-refractivity contribution in [3.8, 4) is 17.2 Å². The number of anilines is 2. The molecular formula is C22H24N2O3. The van der Waals surface area contributed by atoms with Crippen molar-refractivity contribution in [3.05, 3.63) is 77.9 Å². The average molecular weight is 364 g/mol. The van der Waals surface area contributed by atoms with E-state index >= 15 is 0 Å². The molecule has 0 saturated heterocycles. The van der Waals surface area contributed by atoms with Crippen LogP contribution >= 0.6 is 0 Å². The standard InChI is InChI=1S/C22H24N2O3/c1-25-17-8-4-15(5-9-17)22(23)20-14-19(27-3)12-13-21(20)24-16-6-10-18(26-2)11-7-16/h4-14,22,24H,23H2,1-3H3. The Balaban J connectivity index is 1.93. The number of benzene rings is 3. The molecule has 3 aromatic carbocycles. The second kappa shape index (κ2) is 8.47. The molecule has 0 radical (unpaired) electrons. The quantitative estimate of drug-likeness (QED) is 0.646. The third kappa shape index (κ3) is 4.33. The molecule has 1 unspecified atom stereocenters. The maximum absolute atomic E-state index is 6.58. The van der Waals surface area contributed by atoms with Crippen LogP contribution in [0, 0.1) is 0 Å². The molecule has 0 fully saturated rings. The first-order chi connectivity index (χ1) is 13.1.